The molecule has 0 amide bonds. The molecule has 0 saturated heterocycles. The Kier molecular flexibility index (Phi) is 4.14. The zero-order valence-electron chi connectivity index (χ0n) is 10.6. The number of hydrogen-bond acceptors (Lipinski definition) is 5. The topological polar surface area (TPSA) is 101 Å². The Morgan fingerprint density at radius 3 is 2.35 bits per heavy atom. The summed E-state index contributed by atoms with van der Waals surface area (Å²) in [6.07, 6.45) is 1.16. The lowest BCUT2D eigenvalue weighted by atomic mass is 9.91. The van der Waals surface area contributed by atoms with E-state index in [1.54, 1.807) is 0 Å². The third kappa shape index (κ3) is 3.32. The van der Waals surface area contributed by atoms with Crippen molar-refractivity contribution in [2.75, 3.05) is 6.26 Å². The summed E-state index contributed by atoms with van der Waals surface area (Å²) in [5, 5.41) is 9.10. The second-order valence-electron chi connectivity index (χ2n) is 4.81. The largest absolute Gasteiger partial charge is 0.393 e. The number of sulfone groups is 1. The molecule has 0 spiro atoms. The minimum atomic E-state index is -3.91. The molecule has 0 atom stereocenters. The number of aliphatic hydroxyl groups excluding tert-OH is 1. The van der Waals surface area contributed by atoms with E-state index in [4.69, 9.17) is 16.7 Å². The molecule has 1 fully saturated rings. The third-order valence-electron chi connectivity index (χ3n) is 3.06. The van der Waals surface area contributed by atoms with Crippen LogP contribution in [0.25, 0.3) is 0 Å². The number of aliphatic hydroxyl groups is 1. The quantitative estimate of drug-likeness (QED) is 0.834. The maximum absolute atomic E-state index is 12.2. The number of halogens is 1. The van der Waals surface area contributed by atoms with E-state index in [1.165, 1.54) is 12.1 Å². The summed E-state index contributed by atoms with van der Waals surface area (Å²) in [5.41, 5.74) is 0. The van der Waals surface area contributed by atoms with Crippen molar-refractivity contribution in [3.63, 3.8) is 0 Å². The number of hydrogen-bond donors (Lipinski definition) is 2. The normalized spacial score (nSPS) is 23.4. The molecule has 1 aliphatic rings. The lowest BCUT2D eigenvalue weighted by molar-refractivity contribution is 0.0712. The highest BCUT2D eigenvalue weighted by Crippen LogP contribution is 2.27. The molecule has 0 bridgehead atoms. The maximum atomic E-state index is 12.2. The van der Waals surface area contributed by atoms with Gasteiger partial charge in [-0.1, -0.05) is 11.6 Å². The van der Waals surface area contributed by atoms with Gasteiger partial charge in [0.25, 0.3) is 0 Å². The zero-order chi connectivity index (χ0) is 15.1. The molecule has 112 valence electrons. The van der Waals surface area contributed by atoms with Crippen molar-refractivity contribution in [2.24, 2.45) is 0 Å². The Morgan fingerprint density at radius 2 is 1.85 bits per heavy atom. The van der Waals surface area contributed by atoms with E-state index in [-0.39, 0.29) is 20.9 Å². The van der Waals surface area contributed by atoms with Crippen LogP contribution in [0.15, 0.2) is 28.0 Å². The van der Waals surface area contributed by atoms with Crippen molar-refractivity contribution in [2.45, 2.75) is 34.8 Å². The molecule has 9 heteroatoms. The monoisotopic (exact) mass is 339 g/mol. The maximum Gasteiger partial charge on any atom is 0.242 e. The summed E-state index contributed by atoms with van der Waals surface area (Å²) in [7, 11) is -7.44. The van der Waals surface area contributed by atoms with Crippen LogP contribution in [0.1, 0.15) is 12.8 Å². The molecule has 1 aromatic rings. The van der Waals surface area contributed by atoms with E-state index >= 15 is 0 Å². The van der Waals surface area contributed by atoms with Gasteiger partial charge in [-0.2, -0.15) is 0 Å². The first-order chi connectivity index (χ1) is 9.09. The van der Waals surface area contributed by atoms with Crippen LogP contribution in [0.3, 0.4) is 0 Å². The Morgan fingerprint density at radius 1 is 1.25 bits per heavy atom. The van der Waals surface area contributed by atoms with Gasteiger partial charge in [0.1, 0.15) is 4.90 Å². The average molecular weight is 340 g/mol. The SMILES string of the molecule is CS(=O)(=O)c1ccc(Cl)c(S(=O)(=O)NC2CC(O)C2)c1. The van der Waals surface area contributed by atoms with Gasteiger partial charge in [0.15, 0.2) is 9.84 Å². The molecule has 0 heterocycles. The van der Waals surface area contributed by atoms with E-state index in [1.807, 2.05) is 0 Å². The highest BCUT2D eigenvalue weighted by Gasteiger charge is 2.32. The molecule has 20 heavy (non-hydrogen) atoms. The highest BCUT2D eigenvalue weighted by atomic mass is 35.5. The third-order valence-corrected chi connectivity index (χ3v) is 6.17. The van der Waals surface area contributed by atoms with Crippen molar-refractivity contribution in [3.8, 4) is 0 Å². The Hall–Kier alpha value is -0.670. The summed E-state index contributed by atoms with van der Waals surface area (Å²) in [4.78, 5) is -0.389. The molecule has 2 rings (SSSR count). The fourth-order valence-electron chi connectivity index (χ4n) is 1.89. The fraction of sp³-hybridized carbons (Fsp3) is 0.455. The van der Waals surface area contributed by atoms with E-state index in [0.29, 0.717) is 12.8 Å². The van der Waals surface area contributed by atoms with E-state index in [0.717, 1.165) is 12.3 Å². The van der Waals surface area contributed by atoms with E-state index < -0.39 is 26.0 Å². The van der Waals surface area contributed by atoms with Crippen LogP contribution in [0.4, 0.5) is 0 Å². The summed E-state index contributed by atoms with van der Waals surface area (Å²) < 4.78 is 49.7. The van der Waals surface area contributed by atoms with Gasteiger partial charge in [-0.25, -0.2) is 21.6 Å². The minimum absolute atomic E-state index is 0.0511. The number of rotatable bonds is 4. The van der Waals surface area contributed by atoms with Crippen molar-refractivity contribution >= 4 is 31.5 Å². The molecule has 1 aliphatic carbocycles. The Bertz CT molecular complexity index is 723. The van der Waals surface area contributed by atoms with Crippen molar-refractivity contribution < 1.29 is 21.9 Å². The predicted molar refractivity (Wildman–Crippen MR) is 73.9 cm³/mol. The summed E-state index contributed by atoms with van der Waals surface area (Å²) >= 11 is 5.84. The molecule has 1 aromatic carbocycles. The van der Waals surface area contributed by atoms with Gasteiger partial charge >= 0.3 is 0 Å². The van der Waals surface area contributed by atoms with Gasteiger partial charge in [-0.05, 0) is 31.0 Å². The number of benzene rings is 1. The smallest absolute Gasteiger partial charge is 0.242 e. The van der Waals surface area contributed by atoms with Crippen LogP contribution in [0, 0.1) is 0 Å². The van der Waals surface area contributed by atoms with Crippen LogP contribution in [0.5, 0.6) is 0 Å². The van der Waals surface area contributed by atoms with Gasteiger partial charge in [0.05, 0.1) is 16.0 Å². The first-order valence-electron chi connectivity index (χ1n) is 5.79. The summed E-state index contributed by atoms with van der Waals surface area (Å²) in [6, 6.07) is 3.18. The first-order valence-corrected chi connectivity index (χ1v) is 9.55. The molecular weight excluding hydrogens is 326 g/mol. The lowest BCUT2D eigenvalue weighted by Crippen LogP contribution is -2.46. The lowest BCUT2D eigenvalue weighted by Gasteiger charge is -2.31. The van der Waals surface area contributed by atoms with Gasteiger partial charge in [-0.15, -0.1) is 0 Å². The van der Waals surface area contributed by atoms with Crippen LogP contribution >= 0.6 is 11.6 Å². The van der Waals surface area contributed by atoms with E-state index in [9.17, 15) is 16.8 Å². The molecule has 0 unspecified atom stereocenters. The minimum Gasteiger partial charge on any atom is -0.393 e. The second kappa shape index (κ2) is 5.27. The van der Waals surface area contributed by atoms with Crippen molar-refractivity contribution in [3.05, 3.63) is 23.2 Å². The fourth-order valence-corrected chi connectivity index (χ4v) is 4.40. The van der Waals surface area contributed by atoms with Crippen LogP contribution in [0.2, 0.25) is 5.02 Å². The first kappa shape index (κ1) is 15.7. The summed E-state index contributed by atoms with van der Waals surface area (Å²) in [6.45, 7) is 0. The van der Waals surface area contributed by atoms with Gasteiger partial charge in [0, 0.05) is 12.3 Å². The van der Waals surface area contributed by atoms with E-state index in [2.05, 4.69) is 4.72 Å². The molecule has 0 aliphatic heterocycles. The average Bonchev–Trinajstić information content (AvgIpc) is 2.25. The van der Waals surface area contributed by atoms with Gasteiger partial charge in [-0.3, -0.25) is 0 Å². The number of sulfonamides is 1. The highest BCUT2D eigenvalue weighted by molar-refractivity contribution is 7.91. The summed E-state index contributed by atoms with van der Waals surface area (Å²) in [5.74, 6) is 0. The van der Waals surface area contributed by atoms with Gasteiger partial charge in [0.2, 0.25) is 10.0 Å². The molecule has 0 aromatic heterocycles. The number of nitrogens with one attached hydrogen (secondary N) is 1. The molecule has 6 nitrogen and oxygen atoms in total. The molecular formula is C11H14ClNO5S2. The van der Waals surface area contributed by atoms with Crippen LogP contribution in [-0.4, -0.2) is 40.3 Å². The van der Waals surface area contributed by atoms with Crippen molar-refractivity contribution in [1.82, 2.24) is 4.72 Å². The van der Waals surface area contributed by atoms with Crippen LogP contribution < -0.4 is 4.72 Å². The second-order valence-corrected chi connectivity index (χ2v) is 8.91. The molecule has 1 saturated carbocycles. The van der Waals surface area contributed by atoms with Crippen LogP contribution in [-0.2, 0) is 19.9 Å². The predicted octanol–water partition coefficient (Wildman–Crippen LogP) is 0.545. The Balaban J connectivity index is 2.36. The van der Waals surface area contributed by atoms with Gasteiger partial charge < -0.3 is 5.11 Å². The molecule has 2 N–H and O–H groups in total. The standard InChI is InChI=1S/C11H14ClNO5S2/c1-19(15,16)9-2-3-10(12)11(6-9)20(17,18)13-7-4-8(14)5-7/h2-3,6-8,13-14H,4-5H2,1H3. The van der Waals surface area contributed by atoms with Crippen molar-refractivity contribution in [1.29, 1.82) is 0 Å². The molecule has 0 radical (unpaired) electrons. The zero-order valence-corrected chi connectivity index (χ0v) is 13.0. The Labute approximate surface area is 122 Å².